The Balaban J connectivity index is 2.59. The first-order valence-corrected chi connectivity index (χ1v) is 8.57. The Morgan fingerprint density at radius 2 is 1.91 bits per heavy atom. The van der Waals surface area contributed by atoms with Gasteiger partial charge >= 0.3 is 0 Å². The maximum atomic E-state index is 13.3. The van der Waals surface area contributed by atoms with Crippen LogP contribution in [0.2, 0.25) is 10.0 Å². The fraction of sp³-hybridized carbons (Fsp3) is 0.0625. The first-order chi connectivity index (χ1) is 10.8. The summed E-state index contributed by atoms with van der Waals surface area (Å²) in [7, 11) is -4.14. The van der Waals surface area contributed by atoms with Crippen LogP contribution in [0.5, 0.6) is 0 Å². The molecule has 0 aliphatic heterocycles. The lowest BCUT2D eigenvalue weighted by molar-refractivity contribution is 0.603. The molecule has 2 aromatic rings. The molecular formula is C16H10Cl2FNO2S. The van der Waals surface area contributed by atoms with Crippen molar-refractivity contribution in [3.05, 3.63) is 68.3 Å². The van der Waals surface area contributed by atoms with Crippen molar-refractivity contribution in [2.24, 2.45) is 0 Å². The van der Waals surface area contributed by atoms with E-state index >= 15 is 0 Å². The average Bonchev–Trinajstić information content (AvgIpc) is 2.50. The summed E-state index contributed by atoms with van der Waals surface area (Å²) in [5.74, 6) is -0.415. The maximum Gasteiger partial charge on any atom is 0.218 e. The van der Waals surface area contributed by atoms with Crippen LogP contribution in [0.15, 0.2) is 46.2 Å². The number of sulfone groups is 1. The van der Waals surface area contributed by atoms with Gasteiger partial charge in [0.15, 0.2) is 0 Å². The number of aryl methyl sites for hydroxylation is 1. The SMILES string of the molecule is Cc1cc(C=C(C#N)S(=O)(=O)c2cc(Cl)ccc2Cl)ccc1F. The second-order valence-electron chi connectivity index (χ2n) is 4.71. The van der Waals surface area contributed by atoms with Crippen LogP contribution in [-0.4, -0.2) is 8.42 Å². The minimum absolute atomic E-state index is 0.0363. The summed E-state index contributed by atoms with van der Waals surface area (Å²) < 4.78 is 38.4. The van der Waals surface area contributed by atoms with Crippen molar-refractivity contribution < 1.29 is 12.8 Å². The first-order valence-electron chi connectivity index (χ1n) is 6.34. The largest absolute Gasteiger partial charge is 0.218 e. The van der Waals surface area contributed by atoms with Gasteiger partial charge in [0.2, 0.25) is 9.84 Å². The molecule has 3 nitrogen and oxygen atoms in total. The molecule has 0 radical (unpaired) electrons. The van der Waals surface area contributed by atoms with Crippen molar-refractivity contribution in [2.75, 3.05) is 0 Å². The molecule has 0 saturated carbocycles. The number of hydrogen-bond donors (Lipinski definition) is 0. The third-order valence-electron chi connectivity index (χ3n) is 3.06. The molecule has 0 unspecified atom stereocenters. The van der Waals surface area contributed by atoms with Gasteiger partial charge in [-0.25, -0.2) is 12.8 Å². The highest BCUT2D eigenvalue weighted by Gasteiger charge is 2.24. The zero-order valence-corrected chi connectivity index (χ0v) is 14.2. The smallest absolute Gasteiger partial charge is 0.218 e. The Morgan fingerprint density at radius 1 is 1.22 bits per heavy atom. The van der Waals surface area contributed by atoms with Crippen molar-refractivity contribution in [1.29, 1.82) is 5.26 Å². The van der Waals surface area contributed by atoms with Gasteiger partial charge in [0.1, 0.15) is 16.8 Å². The lowest BCUT2D eigenvalue weighted by atomic mass is 10.1. The predicted octanol–water partition coefficient (Wildman–Crippen LogP) is 4.78. The van der Waals surface area contributed by atoms with E-state index in [-0.39, 0.29) is 14.9 Å². The number of nitrogens with zero attached hydrogens (tertiary/aromatic N) is 1. The van der Waals surface area contributed by atoms with Crippen LogP contribution in [0.3, 0.4) is 0 Å². The van der Waals surface area contributed by atoms with E-state index in [0.717, 1.165) is 0 Å². The van der Waals surface area contributed by atoms with Gasteiger partial charge in [-0.2, -0.15) is 5.26 Å². The highest BCUT2D eigenvalue weighted by Crippen LogP contribution is 2.30. The van der Waals surface area contributed by atoms with Crippen LogP contribution in [-0.2, 0) is 9.84 Å². The summed E-state index contributed by atoms with van der Waals surface area (Å²) in [6, 6.07) is 9.65. The zero-order valence-electron chi connectivity index (χ0n) is 11.8. The third kappa shape index (κ3) is 3.73. The van der Waals surface area contributed by atoms with Gasteiger partial charge < -0.3 is 0 Å². The summed E-state index contributed by atoms with van der Waals surface area (Å²) in [6.07, 6.45) is 1.17. The second kappa shape index (κ2) is 6.71. The van der Waals surface area contributed by atoms with Crippen molar-refractivity contribution in [2.45, 2.75) is 11.8 Å². The zero-order chi connectivity index (χ0) is 17.2. The predicted molar refractivity (Wildman–Crippen MR) is 88.4 cm³/mol. The van der Waals surface area contributed by atoms with E-state index in [2.05, 4.69) is 0 Å². The van der Waals surface area contributed by atoms with Crippen LogP contribution < -0.4 is 0 Å². The lowest BCUT2D eigenvalue weighted by Crippen LogP contribution is -2.04. The van der Waals surface area contributed by atoms with Gasteiger partial charge in [0.05, 0.1) is 9.92 Å². The standard InChI is InChI=1S/C16H10Cl2FNO2S/c1-10-6-11(2-5-15(10)19)7-13(9-20)23(21,22)16-8-12(17)3-4-14(16)18/h2-8H,1H3. The minimum atomic E-state index is -4.14. The fourth-order valence-electron chi connectivity index (χ4n) is 1.88. The van der Waals surface area contributed by atoms with E-state index in [0.29, 0.717) is 11.1 Å². The molecule has 23 heavy (non-hydrogen) atoms. The summed E-state index contributed by atoms with van der Waals surface area (Å²) >= 11 is 11.7. The van der Waals surface area contributed by atoms with Crippen LogP contribution in [0.25, 0.3) is 6.08 Å². The van der Waals surface area contributed by atoms with Crippen molar-refractivity contribution in [3.63, 3.8) is 0 Å². The quantitative estimate of drug-likeness (QED) is 0.731. The van der Waals surface area contributed by atoms with Gasteiger partial charge in [-0.1, -0.05) is 29.3 Å². The minimum Gasteiger partial charge on any atom is -0.218 e. The normalized spacial score (nSPS) is 12.0. The Morgan fingerprint density at radius 3 is 2.52 bits per heavy atom. The molecule has 0 aliphatic carbocycles. The molecule has 0 fully saturated rings. The molecule has 2 aromatic carbocycles. The van der Waals surface area contributed by atoms with E-state index in [1.54, 1.807) is 13.0 Å². The van der Waals surface area contributed by atoms with Crippen molar-refractivity contribution >= 4 is 39.1 Å². The van der Waals surface area contributed by atoms with Gasteiger partial charge in [-0.3, -0.25) is 0 Å². The fourth-order valence-corrected chi connectivity index (χ4v) is 3.79. The molecule has 118 valence electrons. The van der Waals surface area contributed by atoms with E-state index < -0.39 is 20.6 Å². The Bertz CT molecular complexity index is 947. The molecule has 0 amide bonds. The molecule has 0 spiro atoms. The van der Waals surface area contributed by atoms with Gasteiger partial charge in [-0.05, 0) is 54.5 Å². The number of rotatable bonds is 3. The molecule has 0 atom stereocenters. The lowest BCUT2D eigenvalue weighted by Gasteiger charge is -2.06. The monoisotopic (exact) mass is 369 g/mol. The van der Waals surface area contributed by atoms with Gasteiger partial charge in [0, 0.05) is 5.02 Å². The summed E-state index contributed by atoms with van der Waals surface area (Å²) in [6.45, 7) is 1.54. The molecule has 2 rings (SSSR count). The number of hydrogen-bond acceptors (Lipinski definition) is 3. The van der Waals surface area contributed by atoms with Crippen LogP contribution in [0.4, 0.5) is 4.39 Å². The topological polar surface area (TPSA) is 57.9 Å². The Labute approximate surface area is 143 Å². The molecule has 0 aromatic heterocycles. The molecule has 0 saturated heterocycles. The van der Waals surface area contributed by atoms with E-state index in [1.165, 1.54) is 42.5 Å². The summed E-state index contributed by atoms with van der Waals surface area (Å²) in [5.41, 5.74) is 0.733. The Kier molecular flexibility index (Phi) is 5.10. The summed E-state index contributed by atoms with van der Waals surface area (Å²) in [5, 5.41) is 9.37. The van der Waals surface area contributed by atoms with Crippen molar-refractivity contribution in [3.8, 4) is 6.07 Å². The number of halogens is 3. The number of benzene rings is 2. The Hall–Kier alpha value is -1.87. The van der Waals surface area contributed by atoms with E-state index in [1.807, 2.05) is 0 Å². The number of allylic oxidation sites excluding steroid dienone is 1. The molecule has 7 heteroatoms. The first kappa shape index (κ1) is 17.5. The van der Waals surface area contributed by atoms with Gasteiger partial charge in [-0.15, -0.1) is 0 Å². The molecule has 0 bridgehead atoms. The van der Waals surface area contributed by atoms with E-state index in [4.69, 9.17) is 23.2 Å². The van der Waals surface area contributed by atoms with Crippen LogP contribution in [0.1, 0.15) is 11.1 Å². The maximum absolute atomic E-state index is 13.3. The molecule has 0 N–H and O–H groups in total. The highest BCUT2D eigenvalue weighted by molar-refractivity contribution is 7.95. The van der Waals surface area contributed by atoms with E-state index in [9.17, 15) is 18.1 Å². The van der Waals surface area contributed by atoms with Crippen LogP contribution >= 0.6 is 23.2 Å². The summed E-state index contributed by atoms with van der Waals surface area (Å²) in [4.78, 5) is -0.758. The average molecular weight is 370 g/mol. The highest BCUT2D eigenvalue weighted by atomic mass is 35.5. The van der Waals surface area contributed by atoms with Gasteiger partial charge in [0.25, 0.3) is 0 Å². The molecule has 0 heterocycles. The molecular weight excluding hydrogens is 360 g/mol. The second-order valence-corrected chi connectivity index (χ2v) is 7.44. The number of nitriles is 1. The molecule has 0 aliphatic rings. The third-order valence-corrected chi connectivity index (χ3v) is 5.44. The van der Waals surface area contributed by atoms with Crippen molar-refractivity contribution in [1.82, 2.24) is 0 Å². The van der Waals surface area contributed by atoms with Crippen LogP contribution in [0, 0.1) is 24.1 Å².